The first kappa shape index (κ1) is 18.8. The predicted octanol–water partition coefficient (Wildman–Crippen LogP) is 3.33. The lowest BCUT2D eigenvalue weighted by Gasteiger charge is -2.15. The zero-order valence-corrected chi connectivity index (χ0v) is 15.3. The lowest BCUT2D eigenvalue weighted by Crippen LogP contribution is -2.32. The van der Waals surface area contributed by atoms with Crippen molar-refractivity contribution in [1.29, 1.82) is 0 Å². The van der Waals surface area contributed by atoms with Crippen LogP contribution in [0.5, 0.6) is 0 Å². The first-order valence-corrected chi connectivity index (χ1v) is 8.35. The summed E-state index contributed by atoms with van der Waals surface area (Å²) < 4.78 is 0. The number of anilines is 1. The van der Waals surface area contributed by atoms with Crippen molar-refractivity contribution in [3.63, 3.8) is 0 Å². The third kappa shape index (κ3) is 5.50. The summed E-state index contributed by atoms with van der Waals surface area (Å²) in [4.78, 5) is 25.4. The molecule has 0 spiro atoms. The van der Waals surface area contributed by atoms with Gasteiger partial charge in [-0.1, -0.05) is 23.7 Å². The minimum atomic E-state index is -0.131. The van der Waals surface area contributed by atoms with E-state index in [0.717, 1.165) is 11.3 Å². The summed E-state index contributed by atoms with van der Waals surface area (Å²) in [6, 6.07) is 14.3. The fourth-order valence-corrected chi connectivity index (χ4v) is 2.52. The van der Waals surface area contributed by atoms with Crippen LogP contribution in [0.3, 0.4) is 0 Å². The van der Waals surface area contributed by atoms with Crippen LogP contribution >= 0.6 is 11.6 Å². The summed E-state index contributed by atoms with van der Waals surface area (Å²) in [6.45, 7) is 2.05. The lowest BCUT2D eigenvalue weighted by atomic mass is 10.1. The van der Waals surface area contributed by atoms with Gasteiger partial charge >= 0.3 is 0 Å². The van der Waals surface area contributed by atoms with Gasteiger partial charge in [0.2, 0.25) is 5.91 Å². The molecule has 0 aliphatic heterocycles. The zero-order valence-electron chi connectivity index (χ0n) is 14.5. The standard InChI is InChI=1S/C19H22ClN3O2/c1-13(15-5-4-6-16(20)11-15)22-18(24)12-21-17-9-7-14(8-10-17)19(25)23(2)3/h4-11,13,21H,12H2,1-3H3,(H,22,24)/t13-/m1/s1. The number of nitrogens with one attached hydrogen (secondary N) is 2. The van der Waals surface area contributed by atoms with E-state index in [4.69, 9.17) is 11.6 Å². The SMILES string of the molecule is C[C@@H](NC(=O)CNc1ccc(C(=O)N(C)C)cc1)c1cccc(Cl)c1. The molecule has 0 bridgehead atoms. The quantitative estimate of drug-likeness (QED) is 0.831. The summed E-state index contributed by atoms with van der Waals surface area (Å²) in [7, 11) is 3.42. The molecule has 0 aliphatic carbocycles. The average Bonchev–Trinajstić information content (AvgIpc) is 2.59. The Morgan fingerprint density at radius 3 is 2.40 bits per heavy atom. The highest BCUT2D eigenvalue weighted by Crippen LogP contribution is 2.17. The summed E-state index contributed by atoms with van der Waals surface area (Å²) in [6.07, 6.45) is 0. The van der Waals surface area contributed by atoms with Gasteiger partial charge in [-0.05, 0) is 48.9 Å². The maximum absolute atomic E-state index is 12.1. The molecule has 0 aromatic heterocycles. The van der Waals surface area contributed by atoms with Crippen LogP contribution in [0, 0.1) is 0 Å². The number of carbonyl (C=O) groups excluding carboxylic acids is 2. The second-order valence-electron chi connectivity index (χ2n) is 5.97. The first-order valence-electron chi connectivity index (χ1n) is 7.97. The van der Waals surface area contributed by atoms with E-state index in [1.54, 1.807) is 44.4 Å². The van der Waals surface area contributed by atoms with E-state index in [2.05, 4.69) is 10.6 Å². The Morgan fingerprint density at radius 1 is 1.12 bits per heavy atom. The highest BCUT2D eigenvalue weighted by molar-refractivity contribution is 6.30. The topological polar surface area (TPSA) is 61.4 Å². The number of carbonyl (C=O) groups is 2. The van der Waals surface area contributed by atoms with E-state index < -0.39 is 0 Å². The van der Waals surface area contributed by atoms with Crippen LogP contribution in [0.2, 0.25) is 5.02 Å². The molecule has 2 N–H and O–H groups in total. The fourth-order valence-electron chi connectivity index (χ4n) is 2.32. The molecule has 0 saturated carbocycles. The second-order valence-corrected chi connectivity index (χ2v) is 6.41. The molecule has 2 aromatic carbocycles. The van der Waals surface area contributed by atoms with Crippen molar-refractivity contribution in [1.82, 2.24) is 10.2 Å². The Morgan fingerprint density at radius 2 is 1.80 bits per heavy atom. The van der Waals surface area contributed by atoms with Gasteiger partial charge < -0.3 is 15.5 Å². The number of benzene rings is 2. The summed E-state index contributed by atoms with van der Waals surface area (Å²) in [5, 5.41) is 6.60. The van der Waals surface area contributed by atoms with Crippen LogP contribution in [0.1, 0.15) is 28.9 Å². The maximum Gasteiger partial charge on any atom is 0.253 e. The first-order chi connectivity index (χ1) is 11.9. The number of hydrogen-bond donors (Lipinski definition) is 2. The molecule has 0 heterocycles. The van der Waals surface area contributed by atoms with Gasteiger partial charge in [0, 0.05) is 30.4 Å². The van der Waals surface area contributed by atoms with Crippen LogP contribution in [-0.4, -0.2) is 37.4 Å². The van der Waals surface area contributed by atoms with E-state index in [-0.39, 0.29) is 24.4 Å². The van der Waals surface area contributed by atoms with Crippen LogP contribution in [0.15, 0.2) is 48.5 Å². The van der Waals surface area contributed by atoms with Crippen LogP contribution in [0.4, 0.5) is 5.69 Å². The largest absolute Gasteiger partial charge is 0.376 e. The molecule has 2 rings (SSSR count). The number of amides is 2. The minimum absolute atomic E-state index is 0.0559. The Kier molecular flexibility index (Phi) is 6.42. The molecule has 0 unspecified atom stereocenters. The van der Waals surface area contributed by atoms with Crippen molar-refractivity contribution >= 4 is 29.1 Å². The molecule has 5 nitrogen and oxygen atoms in total. The number of hydrogen-bond acceptors (Lipinski definition) is 3. The van der Waals surface area contributed by atoms with Crippen molar-refractivity contribution in [3.8, 4) is 0 Å². The summed E-state index contributed by atoms with van der Waals surface area (Å²) >= 11 is 5.97. The number of nitrogens with zero attached hydrogens (tertiary/aromatic N) is 1. The van der Waals surface area contributed by atoms with Gasteiger partial charge in [-0.25, -0.2) is 0 Å². The van der Waals surface area contributed by atoms with Gasteiger partial charge in [-0.3, -0.25) is 9.59 Å². The van der Waals surface area contributed by atoms with Crippen molar-refractivity contribution < 1.29 is 9.59 Å². The molecule has 132 valence electrons. The van der Waals surface area contributed by atoms with Crippen molar-refractivity contribution in [2.45, 2.75) is 13.0 Å². The number of halogens is 1. The molecular weight excluding hydrogens is 338 g/mol. The van der Waals surface area contributed by atoms with E-state index >= 15 is 0 Å². The van der Waals surface area contributed by atoms with Crippen molar-refractivity contribution in [2.75, 3.05) is 26.0 Å². The van der Waals surface area contributed by atoms with E-state index in [0.29, 0.717) is 10.6 Å². The molecule has 1 atom stereocenters. The lowest BCUT2D eigenvalue weighted by molar-refractivity contribution is -0.120. The monoisotopic (exact) mass is 359 g/mol. The Bertz CT molecular complexity index is 745. The Labute approximate surface area is 153 Å². The van der Waals surface area contributed by atoms with Crippen molar-refractivity contribution in [3.05, 3.63) is 64.7 Å². The van der Waals surface area contributed by atoms with Gasteiger partial charge in [-0.15, -0.1) is 0 Å². The molecule has 0 aliphatic rings. The highest BCUT2D eigenvalue weighted by atomic mass is 35.5. The smallest absolute Gasteiger partial charge is 0.253 e. The van der Waals surface area contributed by atoms with Crippen molar-refractivity contribution in [2.24, 2.45) is 0 Å². The van der Waals surface area contributed by atoms with Crippen LogP contribution in [-0.2, 0) is 4.79 Å². The minimum Gasteiger partial charge on any atom is -0.376 e. The van der Waals surface area contributed by atoms with E-state index in [1.165, 1.54) is 4.90 Å². The highest BCUT2D eigenvalue weighted by Gasteiger charge is 2.10. The normalized spacial score (nSPS) is 11.5. The van der Waals surface area contributed by atoms with Crippen LogP contribution < -0.4 is 10.6 Å². The summed E-state index contributed by atoms with van der Waals surface area (Å²) in [5.74, 6) is -0.180. The van der Waals surface area contributed by atoms with Gasteiger partial charge in [0.05, 0.1) is 12.6 Å². The molecule has 0 radical (unpaired) electrons. The Balaban J connectivity index is 1.86. The van der Waals surface area contributed by atoms with E-state index in [9.17, 15) is 9.59 Å². The second kappa shape index (κ2) is 8.53. The molecule has 6 heteroatoms. The molecular formula is C19H22ClN3O2. The molecule has 0 fully saturated rings. The fraction of sp³-hybridized carbons (Fsp3) is 0.263. The van der Waals surface area contributed by atoms with Gasteiger partial charge in [0.1, 0.15) is 0 Å². The number of rotatable bonds is 6. The van der Waals surface area contributed by atoms with Gasteiger partial charge in [0.25, 0.3) is 5.91 Å². The maximum atomic E-state index is 12.1. The van der Waals surface area contributed by atoms with Gasteiger partial charge in [0.15, 0.2) is 0 Å². The molecule has 2 aromatic rings. The average molecular weight is 360 g/mol. The molecule has 0 saturated heterocycles. The predicted molar refractivity (Wildman–Crippen MR) is 101 cm³/mol. The van der Waals surface area contributed by atoms with Crippen LogP contribution in [0.25, 0.3) is 0 Å². The van der Waals surface area contributed by atoms with E-state index in [1.807, 2.05) is 25.1 Å². The summed E-state index contributed by atoms with van der Waals surface area (Å²) in [5.41, 5.74) is 2.34. The van der Waals surface area contributed by atoms with Gasteiger partial charge in [-0.2, -0.15) is 0 Å². The third-order valence-electron chi connectivity index (χ3n) is 3.72. The third-order valence-corrected chi connectivity index (χ3v) is 3.95. The zero-order chi connectivity index (χ0) is 18.4. The molecule has 25 heavy (non-hydrogen) atoms. The molecule has 2 amide bonds. The Hall–Kier alpha value is -2.53.